The molecule has 1 amide bonds. The lowest BCUT2D eigenvalue weighted by atomic mass is 10.2. The molecule has 5 nitrogen and oxygen atoms in total. The third-order valence-corrected chi connectivity index (χ3v) is 3.42. The second-order valence-corrected chi connectivity index (χ2v) is 5.44. The van der Waals surface area contributed by atoms with Crippen LogP contribution >= 0.6 is 11.8 Å². The maximum absolute atomic E-state index is 12.0. The maximum atomic E-state index is 12.0. The first kappa shape index (κ1) is 18.4. The van der Waals surface area contributed by atoms with Crippen LogP contribution in [0.4, 0.5) is 18.9 Å². The van der Waals surface area contributed by atoms with Crippen LogP contribution in [0.2, 0.25) is 0 Å². The molecule has 124 valence electrons. The van der Waals surface area contributed by atoms with Crippen LogP contribution in [0, 0.1) is 0 Å². The van der Waals surface area contributed by atoms with Crippen molar-refractivity contribution in [2.45, 2.75) is 18.0 Å². The second-order valence-electron chi connectivity index (χ2n) is 4.28. The molecule has 0 fully saturated rings. The van der Waals surface area contributed by atoms with Gasteiger partial charge in [0.05, 0.1) is 20.3 Å². The number of alkyl halides is 3. The summed E-state index contributed by atoms with van der Waals surface area (Å²) >= 11 is -0.202. The van der Waals surface area contributed by atoms with Crippen LogP contribution < -0.4 is 20.5 Å². The summed E-state index contributed by atoms with van der Waals surface area (Å²) in [7, 11) is 2.92. The smallest absolute Gasteiger partial charge is 0.441 e. The number of hydrogen-bond acceptors (Lipinski definition) is 5. The monoisotopic (exact) mass is 338 g/mol. The predicted octanol–water partition coefficient (Wildman–Crippen LogP) is 2.61. The van der Waals surface area contributed by atoms with Crippen LogP contribution in [0.3, 0.4) is 0 Å². The molecule has 1 unspecified atom stereocenters. The lowest BCUT2D eigenvalue weighted by Gasteiger charge is -2.14. The van der Waals surface area contributed by atoms with Gasteiger partial charge < -0.3 is 20.5 Å². The molecule has 3 N–H and O–H groups in total. The second kappa shape index (κ2) is 8.14. The van der Waals surface area contributed by atoms with Crippen molar-refractivity contribution in [1.29, 1.82) is 0 Å². The van der Waals surface area contributed by atoms with E-state index in [0.29, 0.717) is 17.2 Å². The van der Waals surface area contributed by atoms with Crippen molar-refractivity contribution in [3.05, 3.63) is 18.2 Å². The Labute approximate surface area is 130 Å². The normalized spacial score (nSPS) is 12.6. The Morgan fingerprint density at radius 2 is 1.82 bits per heavy atom. The summed E-state index contributed by atoms with van der Waals surface area (Å²) in [5.74, 6) is 0.0873. The van der Waals surface area contributed by atoms with Crippen molar-refractivity contribution < 1.29 is 27.4 Å². The van der Waals surface area contributed by atoms with Crippen molar-refractivity contribution in [2.24, 2.45) is 5.73 Å². The van der Waals surface area contributed by atoms with Gasteiger partial charge in [0, 0.05) is 29.6 Å². The Kier molecular flexibility index (Phi) is 6.82. The van der Waals surface area contributed by atoms with Gasteiger partial charge in [-0.3, -0.25) is 4.79 Å². The summed E-state index contributed by atoms with van der Waals surface area (Å²) in [6, 6.07) is 3.69. The molecular weight excluding hydrogens is 321 g/mol. The van der Waals surface area contributed by atoms with Crippen molar-refractivity contribution in [3.63, 3.8) is 0 Å². The Hall–Kier alpha value is -1.61. The molecule has 22 heavy (non-hydrogen) atoms. The van der Waals surface area contributed by atoms with Gasteiger partial charge in [-0.15, -0.1) is 0 Å². The highest BCUT2D eigenvalue weighted by Crippen LogP contribution is 2.30. The predicted molar refractivity (Wildman–Crippen MR) is 79.3 cm³/mol. The average molecular weight is 338 g/mol. The zero-order valence-electron chi connectivity index (χ0n) is 12.1. The standard InChI is InChI=1S/C13H17F3N2O3S/c1-20-9-5-8(6-10(7-9)21-2)18-12(19)11(17)3-4-22-13(14,15)16/h5-7,11H,3-4,17H2,1-2H3,(H,18,19). The molecule has 0 spiro atoms. The first-order valence-corrected chi connectivity index (χ1v) is 7.24. The number of ether oxygens (including phenoxy) is 2. The molecule has 1 aromatic carbocycles. The Bertz CT molecular complexity index is 490. The number of rotatable bonds is 7. The van der Waals surface area contributed by atoms with Gasteiger partial charge >= 0.3 is 5.51 Å². The third kappa shape index (κ3) is 6.44. The summed E-state index contributed by atoms with van der Waals surface area (Å²) in [6.45, 7) is 0. The number of anilines is 1. The topological polar surface area (TPSA) is 73.6 Å². The maximum Gasteiger partial charge on any atom is 0.441 e. The fraction of sp³-hybridized carbons (Fsp3) is 0.462. The lowest BCUT2D eigenvalue weighted by molar-refractivity contribution is -0.117. The summed E-state index contributed by atoms with van der Waals surface area (Å²) in [5, 5.41) is 2.52. The van der Waals surface area contributed by atoms with Crippen LogP contribution in [0.25, 0.3) is 0 Å². The van der Waals surface area contributed by atoms with Gasteiger partial charge in [0.25, 0.3) is 0 Å². The van der Waals surface area contributed by atoms with Crippen LogP contribution in [0.5, 0.6) is 11.5 Å². The third-order valence-electron chi connectivity index (χ3n) is 2.65. The van der Waals surface area contributed by atoms with E-state index in [9.17, 15) is 18.0 Å². The zero-order valence-corrected chi connectivity index (χ0v) is 12.9. The molecule has 9 heteroatoms. The van der Waals surface area contributed by atoms with Crippen LogP contribution in [-0.4, -0.2) is 37.4 Å². The molecule has 0 heterocycles. The van der Waals surface area contributed by atoms with Crippen molar-refractivity contribution in [2.75, 3.05) is 25.3 Å². The average Bonchev–Trinajstić information content (AvgIpc) is 2.45. The highest BCUT2D eigenvalue weighted by molar-refractivity contribution is 8.00. The number of thioether (sulfide) groups is 1. The molecule has 1 atom stereocenters. The van der Waals surface area contributed by atoms with E-state index in [1.165, 1.54) is 14.2 Å². The largest absolute Gasteiger partial charge is 0.497 e. The molecule has 0 aliphatic rings. The van der Waals surface area contributed by atoms with Gasteiger partial charge in [0.15, 0.2) is 0 Å². The quantitative estimate of drug-likeness (QED) is 0.799. The van der Waals surface area contributed by atoms with Gasteiger partial charge in [-0.2, -0.15) is 13.2 Å². The van der Waals surface area contributed by atoms with Gasteiger partial charge in [-0.1, -0.05) is 11.8 Å². The minimum Gasteiger partial charge on any atom is -0.497 e. The van der Waals surface area contributed by atoms with E-state index in [2.05, 4.69) is 5.32 Å². The van der Waals surface area contributed by atoms with E-state index in [4.69, 9.17) is 15.2 Å². The number of hydrogen-bond donors (Lipinski definition) is 2. The highest BCUT2D eigenvalue weighted by Gasteiger charge is 2.28. The molecule has 0 aromatic heterocycles. The van der Waals surface area contributed by atoms with E-state index in [1.54, 1.807) is 18.2 Å². The van der Waals surface area contributed by atoms with Crippen LogP contribution in [0.15, 0.2) is 18.2 Å². The number of halogens is 3. The minimum absolute atomic E-state index is 0.0862. The molecule has 1 rings (SSSR count). The van der Waals surface area contributed by atoms with Gasteiger partial charge in [0.2, 0.25) is 5.91 Å². The number of carbonyl (C=O) groups is 1. The molecule has 1 aromatic rings. The first-order valence-electron chi connectivity index (χ1n) is 6.25. The molecule has 0 aliphatic carbocycles. The van der Waals surface area contributed by atoms with Gasteiger partial charge in [-0.05, 0) is 6.42 Å². The Morgan fingerprint density at radius 1 is 1.27 bits per heavy atom. The van der Waals surface area contributed by atoms with Crippen LogP contribution in [0.1, 0.15) is 6.42 Å². The van der Waals surface area contributed by atoms with Crippen molar-refractivity contribution in [3.8, 4) is 11.5 Å². The van der Waals surface area contributed by atoms with Gasteiger partial charge in [-0.25, -0.2) is 0 Å². The molecule has 0 aliphatic heterocycles. The Balaban J connectivity index is 2.60. The van der Waals surface area contributed by atoms with E-state index in [1.807, 2.05) is 0 Å². The molecular formula is C13H17F3N2O3S. The number of benzene rings is 1. The fourth-order valence-electron chi connectivity index (χ4n) is 1.55. The molecule has 0 saturated heterocycles. The lowest BCUT2D eigenvalue weighted by Crippen LogP contribution is -2.36. The zero-order chi connectivity index (χ0) is 16.8. The summed E-state index contributed by atoms with van der Waals surface area (Å²) < 4.78 is 46.1. The highest BCUT2D eigenvalue weighted by atomic mass is 32.2. The van der Waals surface area contributed by atoms with Gasteiger partial charge in [0.1, 0.15) is 11.5 Å². The van der Waals surface area contributed by atoms with Crippen LogP contribution in [-0.2, 0) is 4.79 Å². The molecule has 0 saturated carbocycles. The molecule has 0 bridgehead atoms. The summed E-state index contributed by atoms with van der Waals surface area (Å²) in [4.78, 5) is 11.9. The number of amides is 1. The van der Waals surface area contributed by atoms with E-state index in [0.717, 1.165) is 0 Å². The Morgan fingerprint density at radius 3 is 2.27 bits per heavy atom. The van der Waals surface area contributed by atoms with E-state index in [-0.39, 0.29) is 23.9 Å². The number of nitrogens with one attached hydrogen (secondary N) is 1. The SMILES string of the molecule is COc1cc(NC(=O)C(N)CCSC(F)(F)F)cc(OC)c1. The number of carbonyl (C=O) groups excluding carboxylic acids is 1. The first-order chi connectivity index (χ1) is 10.2. The van der Waals surface area contributed by atoms with Crippen molar-refractivity contribution >= 4 is 23.4 Å². The summed E-state index contributed by atoms with van der Waals surface area (Å²) in [6.07, 6.45) is -0.0862. The number of methoxy groups -OCH3 is 2. The minimum atomic E-state index is -4.32. The molecule has 0 radical (unpaired) electrons. The number of nitrogens with two attached hydrogens (primary N) is 1. The fourth-order valence-corrected chi connectivity index (χ4v) is 2.15. The van der Waals surface area contributed by atoms with E-state index < -0.39 is 17.5 Å². The van der Waals surface area contributed by atoms with Crippen molar-refractivity contribution in [1.82, 2.24) is 0 Å². The van der Waals surface area contributed by atoms with E-state index >= 15 is 0 Å². The summed E-state index contributed by atoms with van der Waals surface area (Å²) in [5.41, 5.74) is 1.65.